The van der Waals surface area contributed by atoms with Crippen LogP contribution in [0, 0.1) is 11.3 Å². The van der Waals surface area contributed by atoms with Gasteiger partial charge in [0, 0.05) is 41.5 Å². The van der Waals surface area contributed by atoms with Gasteiger partial charge < -0.3 is 9.64 Å². The van der Waals surface area contributed by atoms with Crippen LogP contribution < -0.4 is 4.90 Å². The Morgan fingerprint density at radius 3 is 2.21 bits per heavy atom. The van der Waals surface area contributed by atoms with E-state index in [0.29, 0.717) is 5.56 Å². The minimum atomic E-state index is 0.241. The van der Waals surface area contributed by atoms with Crippen molar-refractivity contribution in [1.82, 2.24) is 4.98 Å². The number of benzene rings is 3. The Kier molecular flexibility index (Phi) is 6.04. The van der Waals surface area contributed by atoms with Gasteiger partial charge in [0.1, 0.15) is 0 Å². The lowest BCUT2D eigenvalue weighted by Gasteiger charge is -2.37. The third-order valence-electron chi connectivity index (χ3n) is 6.65. The van der Waals surface area contributed by atoms with Gasteiger partial charge in [-0.25, -0.2) is 0 Å². The van der Waals surface area contributed by atoms with E-state index >= 15 is 0 Å². The van der Waals surface area contributed by atoms with Gasteiger partial charge in [0.25, 0.3) is 0 Å². The number of nitrogens with zero attached hydrogens (tertiary/aromatic N) is 3. The molecule has 1 aromatic heterocycles. The second-order valence-electron chi connectivity index (χ2n) is 9.10. The van der Waals surface area contributed by atoms with E-state index in [4.69, 9.17) is 15.0 Å². The molecular weight excluding hydrogens is 418 g/mol. The zero-order valence-electron chi connectivity index (χ0n) is 20.0. The molecule has 0 amide bonds. The molecule has 2 atom stereocenters. The second kappa shape index (κ2) is 9.29. The van der Waals surface area contributed by atoms with Gasteiger partial charge in [-0.1, -0.05) is 49.4 Å². The van der Waals surface area contributed by atoms with E-state index in [0.717, 1.165) is 36.2 Å². The Labute approximate surface area is 201 Å². The number of rotatable bonds is 4. The normalized spacial score (nSPS) is 18.1. The SMILES string of the molecule is CCc1c(-c2ccc(N3C[C@@H](C)O[C@@H](C)C3)cc2)cnc2c(-c3ccc(C#N)cc3)cccc12. The summed E-state index contributed by atoms with van der Waals surface area (Å²) in [5, 5.41) is 10.3. The topological polar surface area (TPSA) is 49.1 Å². The number of fused-ring (bicyclic) bond motifs is 1. The van der Waals surface area contributed by atoms with Crippen LogP contribution in [0.1, 0.15) is 31.9 Å². The first-order chi connectivity index (χ1) is 16.6. The largest absolute Gasteiger partial charge is 0.372 e. The quantitative estimate of drug-likeness (QED) is 0.353. The molecule has 4 aromatic rings. The summed E-state index contributed by atoms with van der Waals surface area (Å²) in [6, 6.07) is 25.2. The fourth-order valence-electron chi connectivity index (χ4n) is 5.11. The first-order valence-electron chi connectivity index (χ1n) is 12.0. The Morgan fingerprint density at radius 1 is 0.912 bits per heavy atom. The maximum atomic E-state index is 9.12. The molecule has 170 valence electrons. The Morgan fingerprint density at radius 2 is 1.56 bits per heavy atom. The molecule has 1 saturated heterocycles. The molecule has 4 nitrogen and oxygen atoms in total. The maximum Gasteiger partial charge on any atom is 0.0991 e. The minimum absolute atomic E-state index is 0.241. The van der Waals surface area contributed by atoms with Crippen LogP contribution in [0.4, 0.5) is 5.69 Å². The van der Waals surface area contributed by atoms with Crippen molar-refractivity contribution in [2.75, 3.05) is 18.0 Å². The molecule has 4 heteroatoms. The van der Waals surface area contributed by atoms with Crippen LogP contribution >= 0.6 is 0 Å². The standard InChI is InChI=1S/C30H29N3O/c1-4-26-28-7-5-6-27(23-10-8-22(16-31)9-11-23)30(28)32-17-29(26)24-12-14-25(15-13-24)33-18-20(2)34-21(3)19-33/h5-15,17,20-21H,4,18-19H2,1-3H3/t20-,21+. The monoisotopic (exact) mass is 447 g/mol. The van der Waals surface area contributed by atoms with Gasteiger partial charge in [0.05, 0.1) is 29.4 Å². The van der Waals surface area contributed by atoms with Crippen LogP contribution in [0.3, 0.4) is 0 Å². The number of hydrogen-bond acceptors (Lipinski definition) is 4. The Hall–Kier alpha value is -3.68. The fourth-order valence-corrected chi connectivity index (χ4v) is 5.11. The summed E-state index contributed by atoms with van der Waals surface area (Å²) in [6.07, 6.45) is 3.42. The molecule has 1 aliphatic rings. The zero-order chi connectivity index (χ0) is 23.7. The van der Waals surface area contributed by atoms with E-state index in [1.54, 1.807) is 0 Å². The van der Waals surface area contributed by atoms with Crippen LogP contribution in [0.2, 0.25) is 0 Å². The van der Waals surface area contributed by atoms with Crippen LogP contribution in [0.15, 0.2) is 72.9 Å². The summed E-state index contributed by atoms with van der Waals surface area (Å²) < 4.78 is 5.89. The number of hydrogen-bond donors (Lipinski definition) is 0. The smallest absolute Gasteiger partial charge is 0.0991 e. The molecule has 1 aliphatic heterocycles. The summed E-state index contributed by atoms with van der Waals surface area (Å²) in [7, 11) is 0. The average molecular weight is 448 g/mol. The maximum absolute atomic E-state index is 9.12. The van der Waals surface area contributed by atoms with Crippen LogP contribution in [0.5, 0.6) is 0 Å². The van der Waals surface area contributed by atoms with Crippen molar-refractivity contribution in [2.45, 2.75) is 39.4 Å². The number of pyridine rings is 1. The number of aryl methyl sites for hydroxylation is 1. The summed E-state index contributed by atoms with van der Waals surface area (Å²) in [5.41, 5.74) is 8.75. The van der Waals surface area contributed by atoms with Crippen molar-refractivity contribution in [1.29, 1.82) is 5.26 Å². The minimum Gasteiger partial charge on any atom is -0.372 e. The second-order valence-corrected chi connectivity index (χ2v) is 9.10. The van der Waals surface area contributed by atoms with Crippen molar-refractivity contribution in [3.63, 3.8) is 0 Å². The highest BCUT2D eigenvalue weighted by Crippen LogP contribution is 2.35. The van der Waals surface area contributed by atoms with Crippen molar-refractivity contribution in [3.8, 4) is 28.3 Å². The van der Waals surface area contributed by atoms with Gasteiger partial charge in [0.15, 0.2) is 0 Å². The van der Waals surface area contributed by atoms with Crippen LogP contribution in [0.25, 0.3) is 33.2 Å². The van der Waals surface area contributed by atoms with Crippen molar-refractivity contribution in [3.05, 3.63) is 84.1 Å². The fraction of sp³-hybridized carbons (Fsp3) is 0.267. The summed E-state index contributed by atoms with van der Waals surface area (Å²) in [5.74, 6) is 0. The first kappa shape index (κ1) is 22.1. The first-order valence-corrected chi connectivity index (χ1v) is 12.0. The summed E-state index contributed by atoms with van der Waals surface area (Å²) in [4.78, 5) is 7.33. The van der Waals surface area contributed by atoms with Crippen LogP contribution in [-0.2, 0) is 11.2 Å². The third-order valence-corrected chi connectivity index (χ3v) is 6.65. The molecule has 2 heterocycles. The lowest BCUT2D eigenvalue weighted by atomic mass is 9.93. The lowest BCUT2D eigenvalue weighted by molar-refractivity contribution is -0.00521. The van der Waals surface area contributed by atoms with Gasteiger partial charge in [-0.05, 0) is 61.2 Å². The Balaban J connectivity index is 1.52. The highest BCUT2D eigenvalue weighted by molar-refractivity contribution is 5.98. The third kappa shape index (κ3) is 4.16. The summed E-state index contributed by atoms with van der Waals surface area (Å²) >= 11 is 0. The predicted octanol–water partition coefficient (Wildman–Crippen LogP) is 6.62. The van der Waals surface area contributed by atoms with Crippen molar-refractivity contribution in [2.24, 2.45) is 0 Å². The number of anilines is 1. The van der Waals surface area contributed by atoms with Gasteiger partial charge in [-0.15, -0.1) is 0 Å². The number of aromatic nitrogens is 1. The molecule has 0 unspecified atom stereocenters. The van der Waals surface area contributed by atoms with Crippen molar-refractivity contribution < 1.29 is 4.74 Å². The Bertz CT molecular complexity index is 1340. The number of morpholine rings is 1. The van der Waals surface area contributed by atoms with Gasteiger partial charge in [-0.3, -0.25) is 4.98 Å². The highest BCUT2D eigenvalue weighted by atomic mass is 16.5. The molecule has 0 aliphatic carbocycles. The molecule has 34 heavy (non-hydrogen) atoms. The highest BCUT2D eigenvalue weighted by Gasteiger charge is 2.22. The average Bonchev–Trinajstić information content (AvgIpc) is 2.87. The van der Waals surface area contributed by atoms with Gasteiger partial charge in [0.2, 0.25) is 0 Å². The van der Waals surface area contributed by atoms with Crippen LogP contribution in [-0.4, -0.2) is 30.3 Å². The van der Waals surface area contributed by atoms with Crippen molar-refractivity contribution >= 4 is 16.6 Å². The molecule has 1 fully saturated rings. The van der Waals surface area contributed by atoms with E-state index in [9.17, 15) is 0 Å². The van der Waals surface area contributed by atoms with E-state index < -0.39 is 0 Å². The van der Waals surface area contributed by atoms with E-state index in [2.05, 4.69) is 74.2 Å². The number of nitriles is 1. The van der Waals surface area contributed by atoms with E-state index in [1.165, 1.54) is 27.8 Å². The predicted molar refractivity (Wildman–Crippen MR) is 139 cm³/mol. The van der Waals surface area contributed by atoms with E-state index in [1.807, 2.05) is 30.5 Å². The van der Waals surface area contributed by atoms with Gasteiger partial charge >= 0.3 is 0 Å². The number of para-hydroxylation sites is 1. The molecule has 3 aromatic carbocycles. The molecular formula is C30H29N3O. The summed E-state index contributed by atoms with van der Waals surface area (Å²) in [6.45, 7) is 8.31. The molecule has 0 saturated carbocycles. The molecule has 0 radical (unpaired) electrons. The molecule has 0 N–H and O–H groups in total. The lowest BCUT2D eigenvalue weighted by Crippen LogP contribution is -2.45. The molecule has 5 rings (SSSR count). The number of ether oxygens (including phenoxy) is 1. The van der Waals surface area contributed by atoms with Gasteiger partial charge in [-0.2, -0.15) is 5.26 Å². The van der Waals surface area contributed by atoms with E-state index in [-0.39, 0.29) is 12.2 Å². The molecule has 0 bridgehead atoms. The molecule has 0 spiro atoms. The zero-order valence-corrected chi connectivity index (χ0v) is 20.0.